The molecule has 14 heavy (non-hydrogen) atoms. The first-order chi connectivity index (χ1) is 6.92. The van der Waals surface area contributed by atoms with Gasteiger partial charge in [-0.3, -0.25) is 4.98 Å². The first-order valence-corrected chi connectivity index (χ1v) is 4.53. The summed E-state index contributed by atoms with van der Waals surface area (Å²) in [6.07, 6.45) is 7.25. The number of imidazole rings is 1. The van der Waals surface area contributed by atoms with E-state index in [1.165, 1.54) is 0 Å². The summed E-state index contributed by atoms with van der Waals surface area (Å²) in [7, 11) is 0. The Bertz CT molecular complexity index is 394. The van der Waals surface area contributed by atoms with Crippen molar-refractivity contribution >= 4 is 0 Å². The first-order valence-electron chi connectivity index (χ1n) is 4.53. The van der Waals surface area contributed by atoms with Crippen molar-refractivity contribution in [3.05, 3.63) is 36.9 Å². The van der Waals surface area contributed by atoms with Gasteiger partial charge in [-0.1, -0.05) is 0 Å². The van der Waals surface area contributed by atoms with Crippen LogP contribution in [-0.2, 0) is 6.54 Å². The Kier molecular flexibility index (Phi) is 2.55. The number of aromatic nitrogens is 3. The van der Waals surface area contributed by atoms with Crippen LogP contribution in [0.2, 0.25) is 0 Å². The molecule has 2 rings (SSSR count). The van der Waals surface area contributed by atoms with Gasteiger partial charge in [0.2, 0.25) is 0 Å². The highest BCUT2D eigenvalue weighted by Gasteiger charge is 2.03. The zero-order valence-corrected chi connectivity index (χ0v) is 7.80. The molecule has 0 bridgehead atoms. The summed E-state index contributed by atoms with van der Waals surface area (Å²) in [6.45, 7) is 1.40. The van der Waals surface area contributed by atoms with E-state index in [0.29, 0.717) is 6.54 Å². The van der Waals surface area contributed by atoms with Gasteiger partial charge in [0.25, 0.3) is 0 Å². The van der Waals surface area contributed by atoms with E-state index in [2.05, 4.69) is 9.97 Å². The van der Waals surface area contributed by atoms with Gasteiger partial charge in [0.15, 0.2) is 0 Å². The average molecular weight is 188 g/mol. The molecule has 2 aromatic heterocycles. The minimum absolute atomic E-state index is 0.615. The molecule has 72 valence electrons. The van der Waals surface area contributed by atoms with Gasteiger partial charge in [0, 0.05) is 43.4 Å². The van der Waals surface area contributed by atoms with Crippen molar-refractivity contribution in [2.75, 3.05) is 6.54 Å². The molecule has 0 saturated carbocycles. The molecule has 2 aromatic rings. The Hall–Kier alpha value is -1.68. The molecule has 0 radical (unpaired) electrons. The molecule has 0 spiro atoms. The Labute approximate surface area is 82.4 Å². The van der Waals surface area contributed by atoms with Crippen LogP contribution in [0.3, 0.4) is 0 Å². The maximum Gasteiger partial charge on any atom is 0.141 e. The predicted octanol–water partition coefficient (Wildman–Crippen LogP) is 0.904. The number of hydrogen-bond acceptors (Lipinski definition) is 3. The third kappa shape index (κ3) is 1.65. The van der Waals surface area contributed by atoms with Gasteiger partial charge in [-0.25, -0.2) is 4.98 Å². The highest BCUT2D eigenvalue weighted by molar-refractivity contribution is 5.53. The van der Waals surface area contributed by atoms with E-state index < -0.39 is 0 Å². The third-order valence-corrected chi connectivity index (χ3v) is 2.01. The molecular formula is C10H12N4. The molecule has 2 heterocycles. The Morgan fingerprint density at radius 3 is 3.00 bits per heavy atom. The normalized spacial score (nSPS) is 10.4. The number of pyridine rings is 1. The summed E-state index contributed by atoms with van der Waals surface area (Å²) in [5, 5.41) is 0. The van der Waals surface area contributed by atoms with Gasteiger partial charge >= 0.3 is 0 Å². The molecule has 0 aromatic carbocycles. The van der Waals surface area contributed by atoms with Crippen LogP contribution in [0.15, 0.2) is 36.9 Å². The molecular weight excluding hydrogens is 176 g/mol. The van der Waals surface area contributed by atoms with E-state index in [4.69, 9.17) is 5.73 Å². The Balaban J connectivity index is 2.37. The summed E-state index contributed by atoms with van der Waals surface area (Å²) in [4.78, 5) is 8.33. The highest BCUT2D eigenvalue weighted by atomic mass is 15.1. The fourth-order valence-electron chi connectivity index (χ4n) is 1.38. The van der Waals surface area contributed by atoms with E-state index in [9.17, 15) is 0 Å². The Morgan fingerprint density at radius 1 is 1.36 bits per heavy atom. The van der Waals surface area contributed by atoms with Crippen molar-refractivity contribution in [2.45, 2.75) is 6.54 Å². The summed E-state index contributed by atoms with van der Waals surface area (Å²) in [6, 6.07) is 3.89. The lowest BCUT2D eigenvalue weighted by Crippen LogP contribution is -2.10. The lowest BCUT2D eigenvalue weighted by atomic mass is 10.3. The van der Waals surface area contributed by atoms with E-state index in [1.807, 2.05) is 22.9 Å². The summed E-state index contributed by atoms with van der Waals surface area (Å²) >= 11 is 0. The molecule has 0 aliphatic heterocycles. The number of rotatable bonds is 3. The van der Waals surface area contributed by atoms with Gasteiger partial charge in [0.05, 0.1) is 0 Å². The summed E-state index contributed by atoms with van der Waals surface area (Å²) < 4.78 is 2.02. The lowest BCUT2D eigenvalue weighted by Gasteiger charge is -2.04. The molecule has 0 aliphatic rings. The largest absolute Gasteiger partial charge is 0.330 e. The van der Waals surface area contributed by atoms with Crippen LogP contribution in [0, 0.1) is 0 Å². The van der Waals surface area contributed by atoms with E-state index >= 15 is 0 Å². The lowest BCUT2D eigenvalue weighted by molar-refractivity contribution is 0.715. The standard InChI is InChI=1S/C10H12N4/c11-3-6-14-7-5-13-10(14)9-2-1-4-12-8-9/h1-2,4-5,7-8H,3,6,11H2. The van der Waals surface area contributed by atoms with Crippen molar-refractivity contribution in [1.82, 2.24) is 14.5 Å². The van der Waals surface area contributed by atoms with Crippen molar-refractivity contribution < 1.29 is 0 Å². The van der Waals surface area contributed by atoms with Crippen molar-refractivity contribution in [1.29, 1.82) is 0 Å². The monoisotopic (exact) mass is 188 g/mol. The molecule has 0 saturated heterocycles. The van der Waals surface area contributed by atoms with Crippen LogP contribution in [-0.4, -0.2) is 21.1 Å². The van der Waals surface area contributed by atoms with Crippen LogP contribution in [0.1, 0.15) is 0 Å². The van der Waals surface area contributed by atoms with Gasteiger partial charge in [-0.2, -0.15) is 0 Å². The molecule has 4 heteroatoms. The van der Waals surface area contributed by atoms with Gasteiger partial charge in [-0.05, 0) is 12.1 Å². The van der Waals surface area contributed by atoms with Crippen LogP contribution >= 0.6 is 0 Å². The topological polar surface area (TPSA) is 56.7 Å². The maximum absolute atomic E-state index is 5.50. The molecule has 0 atom stereocenters. The van der Waals surface area contributed by atoms with Crippen LogP contribution in [0.5, 0.6) is 0 Å². The van der Waals surface area contributed by atoms with Crippen LogP contribution in [0.25, 0.3) is 11.4 Å². The zero-order valence-electron chi connectivity index (χ0n) is 7.80. The van der Waals surface area contributed by atoms with Gasteiger partial charge in [0.1, 0.15) is 5.82 Å². The summed E-state index contributed by atoms with van der Waals surface area (Å²) in [5.41, 5.74) is 6.52. The zero-order chi connectivity index (χ0) is 9.80. The smallest absolute Gasteiger partial charge is 0.141 e. The molecule has 2 N–H and O–H groups in total. The molecule has 0 unspecified atom stereocenters. The highest BCUT2D eigenvalue weighted by Crippen LogP contribution is 2.14. The molecule has 0 amide bonds. The van der Waals surface area contributed by atoms with Gasteiger partial charge < -0.3 is 10.3 Å². The second kappa shape index (κ2) is 4.02. The number of hydrogen-bond donors (Lipinski definition) is 1. The number of nitrogens with two attached hydrogens (primary N) is 1. The van der Waals surface area contributed by atoms with Crippen molar-refractivity contribution in [3.63, 3.8) is 0 Å². The molecule has 0 aliphatic carbocycles. The van der Waals surface area contributed by atoms with Crippen molar-refractivity contribution in [2.24, 2.45) is 5.73 Å². The predicted molar refractivity (Wildman–Crippen MR) is 54.5 cm³/mol. The number of nitrogens with zero attached hydrogens (tertiary/aromatic N) is 3. The minimum atomic E-state index is 0.615. The molecule has 4 nitrogen and oxygen atoms in total. The summed E-state index contributed by atoms with van der Waals surface area (Å²) in [5.74, 6) is 0.920. The SMILES string of the molecule is NCCn1ccnc1-c1cccnc1. The fraction of sp³-hybridized carbons (Fsp3) is 0.200. The van der Waals surface area contributed by atoms with Crippen LogP contribution in [0.4, 0.5) is 0 Å². The quantitative estimate of drug-likeness (QED) is 0.778. The van der Waals surface area contributed by atoms with E-state index in [1.54, 1.807) is 18.6 Å². The van der Waals surface area contributed by atoms with E-state index in [0.717, 1.165) is 17.9 Å². The van der Waals surface area contributed by atoms with E-state index in [-0.39, 0.29) is 0 Å². The second-order valence-corrected chi connectivity index (χ2v) is 2.97. The minimum Gasteiger partial charge on any atom is -0.330 e. The molecule has 0 fully saturated rings. The second-order valence-electron chi connectivity index (χ2n) is 2.97. The third-order valence-electron chi connectivity index (χ3n) is 2.01. The van der Waals surface area contributed by atoms with Crippen molar-refractivity contribution in [3.8, 4) is 11.4 Å². The van der Waals surface area contributed by atoms with Crippen LogP contribution < -0.4 is 5.73 Å². The maximum atomic E-state index is 5.50. The fourth-order valence-corrected chi connectivity index (χ4v) is 1.38. The Morgan fingerprint density at radius 2 is 2.29 bits per heavy atom. The van der Waals surface area contributed by atoms with Gasteiger partial charge in [-0.15, -0.1) is 0 Å². The first kappa shape index (κ1) is 8.90. The average Bonchev–Trinajstić information content (AvgIpc) is 2.68.